The molecule has 14 rings (SSSR count). The molecule has 4 aliphatic carbocycles. The molecule has 6 nitrogen and oxygen atoms in total. The van der Waals surface area contributed by atoms with Gasteiger partial charge in [0.25, 0.3) is 0 Å². The minimum atomic E-state index is -0.894. The zero-order valence-corrected chi connectivity index (χ0v) is 46.5. The number of benzene rings is 9. The Morgan fingerprint density at radius 3 is 1.19 bits per heavy atom. The highest BCUT2D eigenvalue weighted by atomic mass is 32.1. The molecule has 0 atom stereocenters. The molecular weight excluding hydrogens is 1030 g/mol. The molecule has 0 aliphatic heterocycles. The second-order valence-electron chi connectivity index (χ2n) is 22.1. The van der Waals surface area contributed by atoms with E-state index in [0.717, 1.165) is 110 Å². The third-order valence-corrected chi connectivity index (χ3v) is 18.5. The van der Waals surface area contributed by atoms with E-state index in [2.05, 4.69) is 198 Å². The first kappa shape index (κ1) is 50.4. The number of carbonyl (C=O) groups is 2. The number of hydrogen-bond acceptors (Lipinski definition) is 7. The smallest absolute Gasteiger partial charge is 0.194 e. The van der Waals surface area contributed by atoms with Gasteiger partial charge in [-0.15, -0.1) is 11.3 Å². The number of rotatable bonds is 6. The molecular formula is C76H46N4O2S. The summed E-state index contributed by atoms with van der Waals surface area (Å²) in [6.07, 6.45) is 3.70. The van der Waals surface area contributed by atoms with Gasteiger partial charge in [-0.25, -0.2) is 0 Å². The van der Waals surface area contributed by atoms with Gasteiger partial charge in [-0.2, -0.15) is 21.0 Å². The predicted molar refractivity (Wildman–Crippen MR) is 329 cm³/mol. The van der Waals surface area contributed by atoms with Crippen molar-refractivity contribution >= 4 is 56.3 Å². The van der Waals surface area contributed by atoms with Gasteiger partial charge in [0, 0.05) is 43.0 Å². The Bertz CT molecular complexity index is 4760. The van der Waals surface area contributed by atoms with Crippen LogP contribution in [0.4, 0.5) is 0 Å². The third-order valence-electron chi connectivity index (χ3n) is 17.5. The van der Waals surface area contributed by atoms with Gasteiger partial charge >= 0.3 is 0 Å². The molecule has 83 heavy (non-hydrogen) atoms. The molecule has 9 aromatic carbocycles. The number of carbonyl (C=O) groups excluding carboxylic acids is 2. The summed E-state index contributed by atoms with van der Waals surface area (Å²) >= 11 is 1.58. The highest BCUT2D eigenvalue weighted by molar-refractivity contribution is 7.19. The Morgan fingerprint density at radius 2 is 0.759 bits per heavy atom. The number of Topliss-reactive ketones (excluding diaryl/α,β-unsaturated/α-hetero) is 2. The minimum Gasteiger partial charge on any atom is -0.289 e. The molecule has 10 aromatic rings. The van der Waals surface area contributed by atoms with Crippen molar-refractivity contribution in [3.05, 3.63) is 316 Å². The third kappa shape index (κ3) is 7.29. The lowest BCUT2D eigenvalue weighted by Crippen LogP contribution is -2.30. The van der Waals surface area contributed by atoms with E-state index < -0.39 is 10.8 Å². The van der Waals surface area contributed by atoms with Gasteiger partial charge in [0.05, 0.1) is 10.8 Å². The Hall–Kier alpha value is -10.8. The number of ketones is 2. The first-order chi connectivity index (χ1) is 40.4. The van der Waals surface area contributed by atoms with Crippen molar-refractivity contribution < 1.29 is 9.59 Å². The number of allylic oxidation sites excluding steroid dienone is 6. The molecule has 7 heteroatoms. The number of thiophene rings is 1. The summed E-state index contributed by atoms with van der Waals surface area (Å²) in [7, 11) is 0. The van der Waals surface area contributed by atoms with Crippen molar-refractivity contribution in [1.82, 2.24) is 0 Å². The normalized spacial score (nSPS) is 15.4. The SMILES string of the molecule is Cc1ccc(C2(c3ccc(C)cc3)c3cc(C=C4C(=O)c5ccccc5C4=C(C#N)C#N)ccc3-c3cc4c(cc32)-c2cc3cc(C=C5C(=O)c6ccccc6C5=C(C#N)C#N)sc3cc2C4(c2ccc(C)cc2)c2ccc(C)cc2)cc1. The standard InChI is InChI=1S/C76H46N4O2S/c1-43-13-22-51(23-14-43)75(52-24-15-44(2)16-25-52)66-32-47(31-64-71(49(39-77)40-78)57-9-5-7-11-59(57)73(64)81)21-30-56(66)62-36-68-63(37-67(62)75)61-34-48-33-55(35-65-72(50(41-79)42-80)58-10-6-8-12-60(58)74(65)82)83-70(48)38-69(61)76(68,53-26-17-45(3)18-27-53)54-28-19-46(4)20-29-54/h5-38H,1-4H3. The van der Waals surface area contributed by atoms with Crippen LogP contribution < -0.4 is 0 Å². The van der Waals surface area contributed by atoms with Crippen molar-refractivity contribution in [2.45, 2.75) is 38.5 Å². The van der Waals surface area contributed by atoms with Gasteiger partial charge in [-0.1, -0.05) is 180 Å². The van der Waals surface area contributed by atoms with Gasteiger partial charge in [0.2, 0.25) is 0 Å². The quantitative estimate of drug-likeness (QED) is 0.120. The Morgan fingerprint density at radius 1 is 0.386 bits per heavy atom. The molecule has 0 bridgehead atoms. The fourth-order valence-electron chi connectivity index (χ4n) is 13.7. The zero-order valence-electron chi connectivity index (χ0n) is 45.6. The van der Waals surface area contributed by atoms with Gasteiger partial charge in [-0.3, -0.25) is 9.59 Å². The minimum absolute atomic E-state index is 0.103. The van der Waals surface area contributed by atoms with Crippen molar-refractivity contribution in [3.8, 4) is 46.5 Å². The second kappa shape index (κ2) is 18.9. The fourth-order valence-corrected chi connectivity index (χ4v) is 14.7. The molecule has 0 amide bonds. The summed E-state index contributed by atoms with van der Waals surface area (Å²) in [4.78, 5) is 29.5. The molecule has 1 aromatic heterocycles. The van der Waals surface area contributed by atoms with Crippen LogP contribution in [-0.2, 0) is 10.8 Å². The van der Waals surface area contributed by atoms with Crippen LogP contribution in [0, 0.1) is 73.0 Å². The van der Waals surface area contributed by atoms with Crippen molar-refractivity contribution in [3.63, 3.8) is 0 Å². The average molecular weight is 1080 g/mol. The lowest BCUT2D eigenvalue weighted by molar-refractivity contribution is 0.103. The average Bonchev–Trinajstić information content (AvgIpc) is 1.83. The van der Waals surface area contributed by atoms with Gasteiger partial charge in [0.15, 0.2) is 11.6 Å². The van der Waals surface area contributed by atoms with E-state index in [1.807, 2.05) is 24.3 Å². The molecule has 388 valence electrons. The Balaban J connectivity index is 1.07. The Kier molecular flexibility index (Phi) is 11.5. The lowest BCUT2D eigenvalue weighted by atomic mass is 9.65. The van der Waals surface area contributed by atoms with E-state index in [0.29, 0.717) is 44.5 Å². The first-order valence-corrected chi connectivity index (χ1v) is 28.2. The van der Waals surface area contributed by atoms with Crippen LogP contribution in [0.5, 0.6) is 0 Å². The van der Waals surface area contributed by atoms with Crippen LogP contribution in [0.2, 0.25) is 0 Å². The molecule has 4 aliphatic rings. The zero-order chi connectivity index (χ0) is 57.1. The maximum Gasteiger partial charge on any atom is 0.194 e. The number of hydrogen-bond donors (Lipinski definition) is 0. The summed E-state index contributed by atoms with van der Waals surface area (Å²) in [5, 5.41) is 41.9. The van der Waals surface area contributed by atoms with Crippen LogP contribution in [0.3, 0.4) is 0 Å². The van der Waals surface area contributed by atoms with Gasteiger partial charge in [0.1, 0.15) is 35.4 Å². The lowest BCUT2D eigenvalue weighted by Gasteiger charge is -2.36. The van der Waals surface area contributed by atoms with Crippen molar-refractivity contribution in [2.75, 3.05) is 0 Å². The number of nitriles is 4. The van der Waals surface area contributed by atoms with E-state index >= 15 is 0 Å². The van der Waals surface area contributed by atoms with Gasteiger partial charge < -0.3 is 0 Å². The molecule has 0 saturated carbocycles. The highest BCUT2D eigenvalue weighted by Gasteiger charge is 2.52. The maximum absolute atomic E-state index is 14.5. The van der Waals surface area contributed by atoms with Crippen LogP contribution in [-0.4, -0.2) is 11.6 Å². The largest absolute Gasteiger partial charge is 0.289 e. The molecule has 0 spiro atoms. The van der Waals surface area contributed by atoms with Crippen molar-refractivity contribution in [2.24, 2.45) is 0 Å². The van der Waals surface area contributed by atoms with E-state index in [1.54, 1.807) is 47.7 Å². The van der Waals surface area contributed by atoms with Crippen LogP contribution in [0.1, 0.15) is 109 Å². The molecule has 0 unspecified atom stereocenters. The monoisotopic (exact) mass is 1080 g/mol. The van der Waals surface area contributed by atoms with Crippen molar-refractivity contribution in [1.29, 1.82) is 21.0 Å². The molecule has 0 saturated heterocycles. The molecule has 0 N–H and O–H groups in total. The molecule has 0 fully saturated rings. The van der Waals surface area contributed by atoms with E-state index in [9.17, 15) is 30.6 Å². The predicted octanol–water partition coefficient (Wildman–Crippen LogP) is 17.0. The van der Waals surface area contributed by atoms with Crippen LogP contribution in [0.15, 0.2) is 216 Å². The van der Waals surface area contributed by atoms with E-state index in [-0.39, 0.29) is 22.7 Å². The number of fused-ring (bicyclic) bond motifs is 9. The fraction of sp³-hybridized carbons (Fsp3) is 0.0789. The van der Waals surface area contributed by atoms with E-state index in [1.165, 1.54) is 0 Å². The second-order valence-corrected chi connectivity index (χ2v) is 23.2. The summed E-state index contributed by atoms with van der Waals surface area (Å²) < 4.78 is 1.02. The van der Waals surface area contributed by atoms with Crippen LogP contribution >= 0.6 is 11.3 Å². The first-order valence-electron chi connectivity index (χ1n) is 27.4. The molecule has 1 heterocycles. The van der Waals surface area contributed by atoms with Gasteiger partial charge in [-0.05, 0) is 165 Å². The summed E-state index contributed by atoms with van der Waals surface area (Å²) in [6, 6.07) is 76.2. The summed E-state index contributed by atoms with van der Waals surface area (Å²) in [5.41, 5.74) is 19.8. The summed E-state index contributed by atoms with van der Waals surface area (Å²) in [6.45, 7) is 8.43. The number of aryl methyl sites for hydroxylation is 4. The van der Waals surface area contributed by atoms with E-state index in [4.69, 9.17) is 0 Å². The summed E-state index contributed by atoms with van der Waals surface area (Å²) in [5.74, 6) is -0.458. The Labute approximate surface area is 485 Å². The topological polar surface area (TPSA) is 129 Å². The number of nitrogens with zero attached hydrogens (tertiary/aromatic N) is 4. The molecule has 0 radical (unpaired) electrons. The maximum atomic E-state index is 14.5. The van der Waals surface area contributed by atoms with Crippen LogP contribution in [0.25, 0.3) is 55.6 Å². The highest BCUT2D eigenvalue weighted by Crippen LogP contribution is 2.63.